The van der Waals surface area contributed by atoms with Gasteiger partial charge in [-0.05, 0) is 35.2 Å². The standard InChI is InChI=1S/C18H29N/c1-13(2)15-11-17(18(3,4)5)19-12-16(15)14-9-7-6-8-10-14/h6-10,13,15-17,19H,11-12H2,1-5H3. The first-order chi connectivity index (χ1) is 8.89. The summed E-state index contributed by atoms with van der Waals surface area (Å²) in [5.41, 5.74) is 1.86. The third kappa shape index (κ3) is 3.39. The van der Waals surface area contributed by atoms with E-state index >= 15 is 0 Å². The molecule has 1 saturated heterocycles. The van der Waals surface area contributed by atoms with Crippen molar-refractivity contribution in [1.82, 2.24) is 5.32 Å². The molecule has 3 unspecified atom stereocenters. The summed E-state index contributed by atoms with van der Waals surface area (Å²) in [7, 11) is 0. The zero-order valence-electron chi connectivity index (χ0n) is 13.1. The van der Waals surface area contributed by atoms with Crippen LogP contribution in [0.25, 0.3) is 0 Å². The van der Waals surface area contributed by atoms with Crippen LogP contribution in [-0.2, 0) is 0 Å². The molecule has 0 bridgehead atoms. The van der Waals surface area contributed by atoms with Gasteiger partial charge in [0.05, 0.1) is 0 Å². The molecule has 0 saturated carbocycles. The molecule has 0 aromatic heterocycles. The van der Waals surface area contributed by atoms with E-state index in [1.165, 1.54) is 12.0 Å². The van der Waals surface area contributed by atoms with Gasteiger partial charge in [-0.25, -0.2) is 0 Å². The Balaban J connectivity index is 2.18. The Hall–Kier alpha value is -0.820. The van der Waals surface area contributed by atoms with E-state index in [9.17, 15) is 0 Å². The SMILES string of the molecule is CC(C)C1CC(C(C)(C)C)NCC1c1ccccc1. The van der Waals surface area contributed by atoms with Crippen LogP contribution in [0.3, 0.4) is 0 Å². The van der Waals surface area contributed by atoms with Gasteiger partial charge in [0.25, 0.3) is 0 Å². The molecule has 0 spiro atoms. The molecule has 1 aromatic carbocycles. The van der Waals surface area contributed by atoms with Gasteiger partial charge in [0.15, 0.2) is 0 Å². The number of piperidine rings is 1. The Labute approximate surface area is 118 Å². The zero-order valence-corrected chi connectivity index (χ0v) is 13.1. The number of rotatable bonds is 2. The van der Waals surface area contributed by atoms with Crippen LogP contribution in [0, 0.1) is 17.3 Å². The summed E-state index contributed by atoms with van der Waals surface area (Å²) in [6, 6.07) is 11.7. The Bertz CT molecular complexity index is 388. The number of hydrogen-bond donors (Lipinski definition) is 1. The lowest BCUT2D eigenvalue weighted by Gasteiger charge is -2.44. The molecule has 0 radical (unpaired) electrons. The number of hydrogen-bond acceptors (Lipinski definition) is 1. The fraction of sp³-hybridized carbons (Fsp3) is 0.667. The van der Waals surface area contributed by atoms with Crippen LogP contribution in [0.15, 0.2) is 30.3 Å². The van der Waals surface area contributed by atoms with Crippen LogP contribution in [0.4, 0.5) is 0 Å². The quantitative estimate of drug-likeness (QED) is 0.827. The van der Waals surface area contributed by atoms with E-state index in [2.05, 4.69) is 70.3 Å². The van der Waals surface area contributed by atoms with E-state index in [-0.39, 0.29) is 0 Å². The second-order valence-electron chi connectivity index (χ2n) is 7.49. The fourth-order valence-corrected chi connectivity index (χ4v) is 3.40. The maximum absolute atomic E-state index is 3.79. The van der Waals surface area contributed by atoms with E-state index in [0.29, 0.717) is 17.4 Å². The first-order valence-electron chi connectivity index (χ1n) is 7.68. The predicted molar refractivity (Wildman–Crippen MR) is 83.4 cm³/mol. The molecule has 0 amide bonds. The summed E-state index contributed by atoms with van der Waals surface area (Å²) in [4.78, 5) is 0. The summed E-state index contributed by atoms with van der Waals surface area (Å²) in [6.45, 7) is 12.9. The first kappa shape index (κ1) is 14.6. The van der Waals surface area contributed by atoms with E-state index in [1.807, 2.05) is 0 Å². The summed E-state index contributed by atoms with van der Waals surface area (Å²) < 4.78 is 0. The van der Waals surface area contributed by atoms with Crippen molar-refractivity contribution in [3.05, 3.63) is 35.9 Å². The lowest BCUT2D eigenvalue weighted by atomic mass is 9.69. The molecule has 2 rings (SSSR count). The van der Waals surface area contributed by atoms with Gasteiger partial charge in [-0.1, -0.05) is 65.0 Å². The molecule has 106 valence electrons. The van der Waals surface area contributed by atoms with Gasteiger partial charge in [0.2, 0.25) is 0 Å². The van der Waals surface area contributed by atoms with Crippen LogP contribution in [0.2, 0.25) is 0 Å². The van der Waals surface area contributed by atoms with Crippen molar-refractivity contribution in [3.63, 3.8) is 0 Å². The lowest BCUT2D eigenvalue weighted by Crippen LogP contribution is -2.50. The minimum Gasteiger partial charge on any atom is -0.313 e. The average Bonchev–Trinajstić information content (AvgIpc) is 2.38. The molecule has 1 nitrogen and oxygen atoms in total. The third-order valence-corrected chi connectivity index (χ3v) is 4.74. The molecule has 1 heteroatoms. The third-order valence-electron chi connectivity index (χ3n) is 4.74. The van der Waals surface area contributed by atoms with Gasteiger partial charge >= 0.3 is 0 Å². The van der Waals surface area contributed by atoms with Gasteiger partial charge in [-0.15, -0.1) is 0 Å². The van der Waals surface area contributed by atoms with E-state index in [4.69, 9.17) is 0 Å². The molecular formula is C18H29N. The van der Waals surface area contributed by atoms with Crippen LogP contribution in [-0.4, -0.2) is 12.6 Å². The highest BCUT2D eigenvalue weighted by molar-refractivity contribution is 5.22. The van der Waals surface area contributed by atoms with Gasteiger partial charge in [-0.2, -0.15) is 0 Å². The van der Waals surface area contributed by atoms with Gasteiger partial charge < -0.3 is 5.32 Å². The van der Waals surface area contributed by atoms with Crippen LogP contribution in [0.5, 0.6) is 0 Å². The van der Waals surface area contributed by atoms with Gasteiger partial charge in [0, 0.05) is 12.6 Å². The largest absolute Gasteiger partial charge is 0.313 e. The van der Waals surface area contributed by atoms with Crippen molar-refractivity contribution in [2.24, 2.45) is 17.3 Å². The molecule has 3 atom stereocenters. The maximum atomic E-state index is 3.79. The summed E-state index contributed by atoms with van der Waals surface area (Å²) in [5.74, 6) is 2.20. The second kappa shape index (κ2) is 5.66. The molecule has 1 N–H and O–H groups in total. The fourth-order valence-electron chi connectivity index (χ4n) is 3.40. The highest BCUT2D eigenvalue weighted by atomic mass is 15.0. The van der Waals surface area contributed by atoms with Crippen molar-refractivity contribution in [1.29, 1.82) is 0 Å². The smallest absolute Gasteiger partial charge is 0.0119 e. The Morgan fingerprint density at radius 2 is 1.74 bits per heavy atom. The normalized spacial score (nSPS) is 28.6. The predicted octanol–water partition coefficient (Wildman–Crippen LogP) is 4.45. The minimum atomic E-state index is 0.356. The van der Waals surface area contributed by atoms with Crippen molar-refractivity contribution < 1.29 is 0 Å². The minimum absolute atomic E-state index is 0.356. The summed E-state index contributed by atoms with van der Waals surface area (Å²) >= 11 is 0. The lowest BCUT2D eigenvalue weighted by molar-refractivity contribution is 0.139. The highest BCUT2D eigenvalue weighted by Crippen LogP contribution is 2.39. The van der Waals surface area contributed by atoms with Crippen molar-refractivity contribution in [3.8, 4) is 0 Å². The molecule has 1 aliphatic rings. The average molecular weight is 259 g/mol. The van der Waals surface area contributed by atoms with Crippen molar-refractivity contribution in [2.75, 3.05) is 6.54 Å². The maximum Gasteiger partial charge on any atom is 0.0119 e. The van der Waals surface area contributed by atoms with E-state index in [0.717, 1.165) is 18.4 Å². The van der Waals surface area contributed by atoms with Gasteiger partial charge in [-0.3, -0.25) is 0 Å². The highest BCUT2D eigenvalue weighted by Gasteiger charge is 2.37. The topological polar surface area (TPSA) is 12.0 Å². The number of benzene rings is 1. The van der Waals surface area contributed by atoms with Gasteiger partial charge in [0.1, 0.15) is 0 Å². The summed E-state index contributed by atoms with van der Waals surface area (Å²) in [5, 5.41) is 3.79. The van der Waals surface area contributed by atoms with E-state index in [1.54, 1.807) is 0 Å². The molecule has 1 aromatic rings. The molecule has 19 heavy (non-hydrogen) atoms. The van der Waals surface area contributed by atoms with Crippen LogP contribution in [0.1, 0.15) is 52.5 Å². The number of nitrogens with one attached hydrogen (secondary N) is 1. The Morgan fingerprint density at radius 1 is 1.11 bits per heavy atom. The van der Waals surface area contributed by atoms with Crippen LogP contribution < -0.4 is 5.32 Å². The second-order valence-corrected chi connectivity index (χ2v) is 7.49. The Morgan fingerprint density at radius 3 is 2.26 bits per heavy atom. The Kier molecular flexibility index (Phi) is 4.35. The van der Waals surface area contributed by atoms with Crippen LogP contribution >= 0.6 is 0 Å². The molecule has 0 aliphatic carbocycles. The molecule has 1 aliphatic heterocycles. The summed E-state index contributed by atoms with van der Waals surface area (Å²) in [6.07, 6.45) is 1.29. The zero-order chi connectivity index (χ0) is 14.0. The first-order valence-corrected chi connectivity index (χ1v) is 7.68. The molecule has 1 fully saturated rings. The van der Waals surface area contributed by atoms with E-state index < -0.39 is 0 Å². The van der Waals surface area contributed by atoms with Crippen molar-refractivity contribution in [2.45, 2.75) is 53.0 Å². The van der Waals surface area contributed by atoms with Crippen molar-refractivity contribution >= 4 is 0 Å². The molecular weight excluding hydrogens is 230 g/mol. The monoisotopic (exact) mass is 259 g/mol. The molecule has 1 heterocycles.